The first kappa shape index (κ1) is 37.4. The van der Waals surface area contributed by atoms with E-state index in [0.29, 0.717) is 32.5 Å². The van der Waals surface area contributed by atoms with E-state index in [9.17, 15) is 32.4 Å². The van der Waals surface area contributed by atoms with E-state index in [1.165, 1.54) is 15.9 Å². The number of nitrogens with zero attached hydrogens (tertiary/aromatic N) is 3. The Kier molecular flexibility index (Phi) is 10.2. The number of carbonyl (C=O) groups excluding carboxylic acids is 5. The molecule has 1 saturated heterocycles. The number of hydrogen-bond donors (Lipinski definition) is 3. The Morgan fingerprint density at radius 2 is 1.87 bits per heavy atom. The van der Waals surface area contributed by atoms with Crippen molar-refractivity contribution >= 4 is 45.9 Å². The van der Waals surface area contributed by atoms with E-state index < -0.39 is 80.2 Å². The minimum Gasteiger partial charge on any atom is -0.444 e. The molecule has 6 amide bonds. The minimum absolute atomic E-state index is 0.0698. The lowest BCUT2D eigenvalue weighted by Crippen LogP contribution is -2.61. The molecule has 6 rings (SSSR count). The van der Waals surface area contributed by atoms with Crippen molar-refractivity contribution in [2.24, 2.45) is 11.3 Å². The number of ether oxygens (including phenoxy) is 1. The Hall–Kier alpha value is -4.40. The zero-order chi connectivity index (χ0) is 37.6. The highest BCUT2D eigenvalue weighted by Gasteiger charge is 2.62. The smallest absolute Gasteiger partial charge is 0.410 e. The summed E-state index contributed by atoms with van der Waals surface area (Å²) < 4.78 is 33.5. The van der Waals surface area contributed by atoms with Gasteiger partial charge < -0.3 is 25.2 Å². The van der Waals surface area contributed by atoms with Crippen LogP contribution >= 0.6 is 0 Å². The Morgan fingerprint density at radius 3 is 2.54 bits per heavy atom. The van der Waals surface area contributed by atoms with Crippen LogP contribution in [0.4, 0.5) is 9.59 Å². The summed E-state index contributed by atoms with van der Waals surface area (Å²) in [6.45, 7) is 10.2. The van der Waals surface area contributed by atoms with Gasteiger partial charge in [-0.05, 0) is 60.6 Å². The highest BCUT2D eigenvalue weighted by Crippen LogP contribution is 2.45. The fourth-order valence-corrected chi connectivity index (χ4v) is 8.68. The van der Waals surface area contributed by atoms with Crippen LogP contribution in [-0.4, -0.2) is 102 Å². The van der Waals surface area contributed by atoms with Gasteiger partial charge in [0.05, 0.1) is 18.3 Å². The number of urea groups is 1. The Balaban J connectivity index is 1.28. The number of hydrogen-bond acceptors (Lipinski definition) is 8. The van der Waals surface area contributed by atoms with Gasteiger partial charge in [-0.3, -0.25) is 24.0 Å². The van der Waals surface area contributed by atoms with Crippen molar-refractivity contribution in [1.29, 1.82) is 0 Å². The maximum atomic E-state index is 14.5. The molecule has 0 radical (unpaired) electrons. The molecule has 0 aromatic heterocycles. The van der Waals surface area contributed by atoms with E-state index in [-0.39, 0.29) is 19.4 Å². The van der Waals surface area contributed by atoms with Crippen LogP contribution in [0.25, 0.3) is 6.08 Å². The summed E-state index contributed by atoms with van der Waals surface area (Å²) in [7, 11) is -2.24. The largest absolute Gasteiger partial charge is 0.444 e. The first-order valence-corrected chi connectivity index (χ1v) is 19.6. The maximum absolute atomic E-state index is 14.5. The fraction of sp³-hybridized carbons (Fsp3) is 0.595. The van der Waals surface area contributed by atoms with Crippen LogP contribution in [0.2, 0.25) is 0 Å². The Morgan fingerprint density at radius 1 is 1.12 bits per heavy atom. The van der Waals surface area contributed by atoms with E-state index in [1.54, 1.807) is 32.7 Å². The number of benzene rings is 1. The Labute approximate surface area is 305 Å². The summed E-state index contributed by atoms with van der Waals surface area (Å²) in [6, 6.07) is 3.25. The molecule has 0 unspecified atom stereocenters. The van der Waals surface area contributed by atoms with Crippen molar-refractivity contribution in [2.75, 3.05) is 20.1 Å². The third-order valence-corrected chi connectivity index (χ3v) is 12.6. The van der Waals surface area contributed by atoms with Gasteiger partial charge in [0.15, 0.2) is 0 Å². The van der Waals surface area contributed by atoms with Gasteiger partial charge in [0, 0.05) is 32.5 Å². The van der Waals surface area contributed by atoms with Crippen molar-refractivity contribution in [1.82, 2.24) is 30.1 Å². The van der Waals surface area contributed by atoms with Gasteiger partial charge in [-0.1, -0.05) is 57.2 Å². The standard InChI is InChI=1S/C37H50N6O8S/c1-6-25-19-37(25,33(46)40-52(49,50)27-15-16-27)39-31(44)29-18-26-21-43(29)32(45)30(36(2,3)4)38-34(47)41(5)17-10-8-7-9-12-23-13-11-14-24-20-42(22-28(23)24)35(48)51-26/h6,9,11-14,25-27,29-30H,1,7-8,10,15-22H2,2-5H3,(H,38,47)(H,39,44)(H,40,46)/t25-,26-,29+,30-,37-/m1/s1. The van der Waals surface area contributed by atoms with Crippen LogP contribution in [0.3, 0.4) is 0 Å². The van der Waals surface area contributed by atoms with Crippen LogP contribution in [0, 0.1) is 11.3 Å². The van der Waals surface area contributed by atoms with Gasteiger partial charge in [0.2, 0.25) is 21.8 Å². The molecule has 15 heteroatoms. The van der Waals surface area contributed by atoms with E-state index >= 15 is 0 Å². The molecule has 1 aromatic rings. The van der Waals surface area contributed by atoms with Crippen LogP contribution in [0.15, 0.2) is 36.9 Å². The maximum Gasteiger partial charge on any atom is 0.410 e. The van der Waals surface area contributed by atoms with Crippen molar-refractivity contribution < 1.29 is 37.1 Å². The third-order valence-electron chi connectivity index (χ3n) is 10.8. The van der Waals surface area contributed by atoms with E-state index in [0.717, 1.165) is 36.0 Å². The van der Waals surface area contributed by atoms with Crippen molar-refractivity contribution in [3.8, 4) is 0 Å². The first-order valence-electron chi connectivity index (χ1n) is 18.1. The number of fused-ring (bicyclic) bond motifs is 3. The summed E-state index contributed by atoms with van der Waals surface area (Å²) in [5.41, 5.74) is 0.707. The van der Waals surface area contributed by atoms with Crippen molar-refractivity contribution in [3.63, 3.8) is 0 Å². The summed E-state index contributed by atoms with van der Waals surface area (Å²) in [5, 5.41) is 5.00. The van der Waals surface area contributed by atoms with E-state index in [2.05, 4.69) is 34.1 Å². The van der Waals surface area contributed by atoms with Crippen molar-refractivity contribution in [2.45, 2.75) is 108 Å². The van der Waals surface area contributed by atoms with E-state index in [4.69, 9.17) is 4.74 Å². The second-order valence-corrected chi connectivity index (χ2v) is 17.8. The number of nitrogens with one attached hydrogen (secondary N) is 3. The Bertz CT molecular complexity index is 1790. The number of carbonyl (C=O) groups is 5. The topological polar surface area (TPSA) is 175 Å². The lowest BCUT2D eigenvalue weighted by molar-refractivity contribution is -0.142. The summed E-state index contributed by atoms with van der Waals surface area (Å²) in [6.07, 6.45) is 7.54. The van der Waals surface area contributed by atoms with Gasteiger partial charge >= 0.3 is 12.1 Å². The molecule has 2 saturated carbocycles. The summed E-state index contributed by atoms with van der Waals surface area (Å²) in [4.78, 5) is 73.6. The van der Waals surface area contributed by atoms with Gasteiger partial charge in [-0.15, -0.1) is 6.58 Å². The number of sulfonamides is 1. The molecule has 2 aliphatic carbocycles. The van der Waals surface area contributed by atoms with Crippen LogP contribution in [0.5, 0.6) is 0 Å². The molecule has 3 aliphatic heterocycles. The molecular formula is C37H50N6O8S. The average Bonchev–Trinajstić information content (AvgIpc) is 3.97. The molecule has 5 aliphatic rings. The molecule has 14 nitrogen and oxygen atoms in total. The molecule has 3 heterocycles. The van der Waals surface area contributed by atoms with Gasteiger partial charge in [-0.25, -0.2) is 18.0 Å². The highest BCUT2D eigenvalue weighted by molar-refractivity contribution is 7.91. The third kappa shape index (κ3) is 7.69. The molecule has 5 atom stereocenters. The van der Waals surface area contributed by atoms with Crippen LogP contribution in [0.1, 0.15) is 82.4 Å². The van der Waals surface area contributed by atoms with E-state index in [1.807, 2.05) is 18.2 Å². The fourth-order valence-electron chi connectivity index (χ4n) is 7.32. The van der Waals surface area contributed by atoms with Crippen LogP contribution < -0.4 is 15.4 Å². The summed E-state index contributed by atoms with van der Waals surface area (Å²) >= 11 is 0. The highest BCUT2D eigenvalue weighted by atomic mass is 32.2. The first-order chi connectivity index (χ1) is 24.5. The zero-order valence-electron chi connectivity index (χ0n) is 30.4. The number of amides is 6. The molecule has 282 valence electrons. The molecule has 0 spiro atoms. The van der Waals surface area contributed by atoms with Gasteiger partial charge in [0.25, 0.3) is 5.91 Å². The minimum atomic E-state index is -3.90. The zero-order valence-corrected chi connectivity index (χ0v) is 31.2. The molecule has 3 fully saturated rings. The number of rotatable bonds is 6. The SMILES string of the molecule is C=C[C@@H]1C[C@]1(NC(=O)[C@@H]1C[C@@H]2CN1C(=O)[C@H](C(C)(C)C)NC(=O)N(C)CCCCC=Cc1cccc3c1CN(C3)C(=O)O2)C(=O)NS(=O)(=O)C1CC1. The second kappa shape index (κ2) is 14.2. The molecule has 3 N–H and O–H groups in total. The lowest BCUT2D eigenvalue weighted by atomic mass is 9.85. The lowest BCUT2D eigenvalue weighted by Gasteiger charge is -2.36. The monoisotopic (exact) mass is 738 g/mol. The summed E-state index contributed by atoms with van der Waals surface area (Å²) in [5.74, 6) is -2.63. The molecular weight excluding hydrogens is 689 g/mol. The quantitative estimate of drug-likeness (QED) is 0.374. The predicted molar refractivity (Wildman–Crippen MR) is 193 cm³/mol. The second-order valence-electron chi connectivity index (χ2n) is 15.8. The molecule has 52 heavy (non-hydrogen) atoms. The molecule has 4 bridgehead atoms. The molecule has 1 aromatic carbocycles. The average molecular weight is 739 g/mol. The van der Waals surface area contributed by atoms with Gasteiger partial charge in [-0.2, -0.15) is 0 Å². The predicted octanol–water partition coefficient (Wildman–Crippen LogP) is 3.03. The number of allylic oxidation sites excluding steroid dienone is 1. The van der Waals surface area contributed by atoms with Crippen LogP contribution in [-0.2, 0) is 42.2 Å². The normalized spacial score (nSPS) is 28.5. The van der Waals surface area contributed by atoms with Crippen molar-refractivity contribution in [3.05, 3.63) is 53.6 Å². The van der Waals surface area contributed by atoms with Gasteiger partial charge in [0.1, 0.15) is 23.7 Å².